The van der Waals surface area contributed by atoms with Crippen LogP contribution in [0.3, 0.4) is 0 Å². The first-order chi connectivity index (χ1) is 9.54. The summed E-state index contributed by atoms with van der Waals surface area (Å²) in [6, 6.07) is 1.89. The average molecular weight is 292 g/mol. The van der Waals surface area contributed by atoms with Gasteiger partial charge in [-0.3, -0.25) is 4.79 Å². The number of rotatable bonds is 2. The van der Waals surface area contributed by atoms with Crippen LogP contribution in [0.25, 0.3) is 0 Å². The second kappa shape index (κ2) is 6.40. The van der Waals surface area contributed by atoms with E-state index in [-0.39, 0.29) is 11.4 Å². The van der Waals surface area contributed by atoms with E-state index in [4.69, 9.17) is 10.5 Å². The van der Waals surface area contributed by atoms with Crippen LogP contribution in [0.4, 0.5) is 0 Å². The summed E-state index contributed by atoms with van der Waals surface area (Å²) in [4.78, 5) is 14.0. The number of ether oxygens (including phenoxy) is 1. The number of nitrogens with two attached hydrogens (primary N) is 1. The number of hydrogen-bond donors (Lipinski definition) is 2. The van der Waals surface area contributed by atoms with Crippen LogP contribution < -0.4 is 11.1 Å². The SMILES string of the molecule is Cc1cc(C(=O)NC2(C)CCOCC2)sc1C#CCN. The number of nitrogens with one attached hydrogen (secondary N) is 1. The van der Waals surface area contributed by atoms with Gasteiger partial charge >= 0.3 is 0 Å². The molecule has 0 aliphatic carbocycles. The summed E-state index contributed by atoms with van der Waals surface area (Å²) < 4.78 is 5.34. The van der Waals surface area contributed by atoms with E-state index in [9.17, 15) is 4.79 Å². The van der Waals surface area contributed by atoms with Crippen molar-refractivity contribution in [2.45, 2.75) is 32.2 Å². The van der Waals surface area contributed by atoms with Gasteiger partial charge in [0.2, 0.25) is 0 Å². The summed E-state index contributed by atoms with van der Waals surface area (Å²) in [5.74, 6) is 5.81. The predicted octanol–water partition coefficient (Wildman–Crippen LogP) is 1.67. The van der Waals surface area contributed by atoms with Crippen LogP contribution in [0.1, 0.15) is 39.9 Å². The molecule has 1 aliphatic rings. The molecule has 0 bridgehead atoms. The number of carbonyl (C=O) groups is 1. The molecule has 2 rings (SSSR count). The van der Waals surface area contributed by atoms with E-state index in [0.29, 0.717) is 24.6 Å². The molecule has 2 heterocycles. The van der Waals surface area contributed by atoms with Crippen molar-refractivity contribution in [1.82, 2.24) is 5.32 Å². The van der Waals surface area contributed by atoms with Crippen molar-refractivity contribution in [2.75, 3.05) is 19.8 Å². The van der Waals surface area contributed by atoms with Gasteiger partial charge in [-0.05, 0) is 38.3 Å². The zero-order chi connectivity index (χ0) is 14.6. The number of thiophene rings is 1. The summed E-state index contributed by atoms with van der Waals surface area (Å²) in [5, 5.41) is 3.13. The Balaban J connectivity index is 2.09. The molecular formula is C15H20N2O2S. The highest BCUT2D eigenvalue weighted by molar-refractivity contribution is 7.14. The maximum absolute atomic E-state index is 12.3. The second-order valence-electron chi connectivity index (χ2n) is 5.26. The Hall–Kier alpha value is -1.35. The Kier molecular flexibility index (Phi) is 4.81. The molecular weight excluding hydrogens is 272 g/mol. The number of carbonyl (C=O) groups excluding carboxylic acids is 1. The number of hydrogen-bond acceptors (Lipinski definition) is 4. The quantitative estimate of drug-likeness (QED) is 0.815. The van der Waals surface area contributed by atoms with Crippen LogP contribution in [0.5, 0.6) is 0 Å². The molecule has 5 heteroatoms. The first kappa shape index (κ1) is 15.0. The number of amides is 1. The van der Waals surface area contributed by atoms with Gasteiger partial charge in [0, 0.05) is 18.8 Å². The lowest BCUT2D eigenvalue weighted by Crippen LogP contribution is -2.49. The van der Waals surface area contributed by atoms with Gasteiger partial charge in [-0.2, -0.15) is 0 Å². The first-order valence-corrected chi connectivity index (χ1v) is 7.55. The fourth-order valence-corrected chi connectivity index (χ4v) is 3.07. The minimum absolute atomic E-state index is 0.0247. The summed E-state index contributed by atoms with van der Waals surface area (Å²) in [6.07, 6.45) is 1.70. The molecule has 0 atom stereocenters. The minimum atomic E-state index is -0.170. The standard InChI is InChI=1S/C15H20N2O2S/c1-11-10-13(20-12(11)4-3-7-16)14(18)17-15(2)5-8-19-9-6-15/h10H,5-9,16H2,1-2H3,(H,17,18). The maximum atomic E-state index is 12.3. The molecule has 0 spiro atoms. The van der Waals surface area contributed by atoms with E-state index in [2.05, 4.69) is 24.1 Å². The summed E-state index contributed by atoms with van der Waals surface area (Å²) in [6.45, 7) is 5.77. The Morgan fingerprint density at radius 1 is 1.55 bits per heavy atom. The van der Waals surface area contributed by atoms with Crippen molar-refractivity contribution in [1.29, 1.82) is 0 Å². The Bertz CT molecular complexity index is 548. The van der Waals surface area contributed by atoms with Crippen molar-refractivity contribution >= 4 is 17.2 Å². The summed E-state index contributed by atoms with van der Waals surface area (Å²) >= 11 is 1.42. The first-order valence-electron chi connectivity index (χ1n) is 6.74. The highest BCUT2D eigenvalue weighted by Crippen LogP contribution is 2.24. The van der Waals surface area contributed by atoms with E-state index in [1.54, 1.807) is 0 Å². The van der Waals surface area contributed by atoms with E-state index in [0.717, 1.165) is 23.3 Å². The minimum Gasteiger partial charge on any atom is -0.381 e. The van der Waals surface area contributed by atoms with E-state index in [1.165, 1.54) is 11.3 Å². The molecule has 1 amide bonds. The van der Waals surface area contributed by atoms with Crippen LogP contribution >= 0.6 is 11.3 Å². The highest BCUT2D eigenvalue weighted by Gasteiger charge is 2.29. The van der Waals surface area contributed by atoms with Crippen molar-refractivity contribution in [3.8, 4) is 11.8 Å². The zero-order valence-corrected chi connectivity index (χ0v) is 12.7. The molecule has 1 aliphatic heterocycles. The molecule has 108 valence electrons. The summed E-state index contributed by atoms with van der Waals surface area (Å²) in [5.41, 5.74) is 6.23. The molecule has 0 aromatic carbocycles. The highest BCUT2D eigenvalue weighted by atomic mass is 32.1. The van der Waals surface area contributed by atoms with Gasteiger partial charge in [-0.1, -0.05) is 11.8 Å². The maximum Gasteiger partial charge on any atom is 0.261 e. The third kappa shape index (κ3) is 3.60. The van der Waals surface area contributed by atoms with Crippen molar-refractivity contribution in [3.05, 3.63) is 21.4 Å². The van der Waals surface area contributed by atoms with Gasteiger partial charge < -0.3 is 15.8 Å². The normalized spacial score (nSPS) is 17.1. The fourth-order valence-electron chi connectivity index (χ4n) is 2.13. The Labute approximate surface area is 123 Å². The topological polar surface area (TPSA) is 64.3 Å². The van der Waals surface area contributed by atoms with Crippen LogP contribution in [-0.4, -0.2) is 31.2 Å². The van der Waals surface area contributed by atoms with Gasteiger partial charge in [0.25, 0.3) is 5.91 Å². The monoisotopic (exact) mass is 292 g/mol. The van der Waals surface area contributed by atoms with Crippen LogP contribution in [0.2, 0.25) is 0 Å². The fraction of sp³-hybridized carbons (Fsp3) is 0.533. The molecule has 20 heavy (non-hydrogen) atoms. The lowest BCUT2D eigenvalue weighted by atomic mass is 9.92. The molecule has 1 saturated heterocycles. The summed E-state index contributed by atoms with van der Waals surface area (Å²) in [7, 11) is 0. The Morgan fingerprint density at radius 2 is 2.25 bits per heavy atom. The van der Waals surface area contributed by atoms with Crippen molar-refractivity contribution in [3.63, 3.8) is 0 Å². The zero-order valence-electron chi connectivity index (χ0n) is 11.9. The van der Waals surface area contributed by atoms with Crippen LogP contribution in [0.15, 0.2) is 6.07 Å². The molecule has 0 radical (unpaired) electrons. The predicted molar refractivity (Wildman–Crippen MR) is 80.9 cm³/mol. The Morgan fingerprint density at radius 3 is 2.90 bits per heavy atom. The van der Waals surface area contributed by atoms with Gasteiger partial charge in [-0.15, -0.1) is 11.3 Å². The second-order valence-corrected chi connectivity index (χ2v) is 6.31. The molecule has 0 saturated carbocycles. The van der Waals surface area contributed by atoms with Gasteiger partial charge in [0.15, 0.2) is 0 Å². The molecule has 4 nitrogen and oxygen atoms in total. The molecule has 0 unspecified atom stereocenters. The van der Waals surface area contributed by atoms with E-state index < -0.39 is 0 Å². The third-order valence-corrected chi connectivity index (χ3v) is 4.61. The smallest absolute Gasteiger partial charge is 0.261 e. The van der Waals surface area contributed by atoms with Gasteiger partial charge in [0.05, 0.1) is 16.3 Å². The van der Waals surface area contributed by atoms with E-state index >= 15 is 0 Å². The van der Waals surface area contributed by atoms with Crippen LogP contribution in [-0.2, 0) is 4.74 Å². The lowest BCUT2D eigenvalue weighted by molar-refractivity contribution is 0.0424. The number of aryl methyl sites for hydroxylation is 1. The van der Waals surface area contributed by atoms with Gasteiger partial charge in [0.1, 0.15) is 0 Å². The largest absolute Gasteiger partial charge is 0.381 e. The lowest BCUT2D eigenvalue weighted by Gasteiger charge is -2.34. The van der Waals surface area contributed by atoms with Crippen LogP contribution in [0, 0.1) is 18.8 Å². The van der Waals surface area contributed by atoms with E-state index in [1.807, 2.05) is 13.0 Å². The molecule has 3 N–H and O–H groups in total. The molecule has 1 aromatic heterocycles. The third-order valence-electron chi connectivity index (χ3n) is 3.46. The van der Waals surface area contributed by atoms with Crippen molar-refractivity contribution in [2.24, 2.45) is 5.73 Å². The average Bonchev–Trinajstić information content (AvgIpc) is 2.78. The van der Waals surface area contributed by atoms with Gasteiger partial charge in [-0.25, -0.2) is 0 Å². The molecule has 1 aromatic rings. The molecule has 1 fully saturated rings. The van der Waals surface area contributed by atoms with Crippen molar-refractivity contribution < 1.29 is 9.53 Å².